The predicted molar refractivity (Wildman–Crippen MR) is 90.4 cm³/mol. The molecule has 3 rings (SSSR count). The minimum absolute atomic E-state index is 0.224. The monoisotopic (exact) mass is 347 g/mol. The van der Waals surface area contributed by atoms with E-state index >= 15 is 0 Å². The van der Waals surface area contributed by atoms with Gasteiger partial charge in [-0.1, -0.05) is 11.8 Å². The van der Waals surface area contributed by atoms with E-state index in [-0.39, 0.29) is 6.54 Å². The van der Waals surface area contributed by atoms with Gasteiger partial charge in [-0.05, 0) is 30.7 Å². The van der Waals surface area contributed by atoms with Crippen molar-refractivity contribution in [2.75, 3.05) is 13.8 Å². The number of nitrogens with zero attached hydrogens (tertiary/aromatic N) is 5. The lowest BCUT2D eigenvalue weighted by molar-refractivity contribution is 0.414. The fourth-order valence-corrected chi connectivity index (χ4v) is 3.32. The molecule has 0 bridgehead atoms. The molecule has 3 aromatic rings. The molecule has 0 aliphatic heterocycles. The average Bonchev–Trinajstić information content (AvgIpc) is 3.22. The van der Waals surface area contributed by atoms with Gasteiger partial charge in [-0.25, -0.2) is 19.0 Å². The lowest BCUT2D eigenvalue weighted by atomic mass is 10.2. The minimum Gasteiger partial charge on any atom is -0.497 e. The van der Waals surface area contributed by atoms with Gasteiger partial charge in [0.05, 0.1) is 25.1 Å². The second-order valence-electron chi connectivity index (χ2n) is 5.11. The third-order valence-electron chi connectivity index (χ3n) is 3.59. The van der Waals surface area contributed by atoms with E-state index in [0.29, 0.717) is 5.75 Å². The second kappa shape index (κ2) is 7.48. The Morgan fingerprint density at radius 3 is 2.92 bits per heavy atom. The first-order valence-corrected chi connectivity index (χ1v) is 8.45. The number of halogens is 1. The number of alkyl halides is 1. The summed E-state index contributed by atoms with van der Waals surface area (Å²) in [6, 6.07) is 5.92. The summed E-state index contributed by atoms with van der Waals surface area (Å²) in [6.07, 6.45) is 5.13. The molecule has 8 heteroatoms. The number of methoxy groups -OCH3 is 1. The summed E-state index contributed by atoms with van der Waals surface area (Å²) >= 11 is 1.54. The highest BCUT2D eigenvalue weighted by Crippen LogP contribution is 2.26. The first-order chi connectivity index (χ1) is 11.7. The van der Waals surface area contributed by atoms with Crippen molar-refractivity contribution < 1.29 is 9.13 Å². The topological polar surface area (TPSA) is 57.8 Å². The zero-order valence-corrected chi connectivity index (χ0v) is 14.3. The van der Waals surface area contributed by atoms with E-state index in [0.717, 1.165) is 28.0 Å². The lowest BCUT2D eigenvalue weighted by Crippen LogP contribution is -2.06. The molecule has 2 heterocycles. The molecule has 1 aromatic carbocycles. The summed E-state index contributed by atoms with van der Waals surface area (Å²) in [7, 11) is 1.65. The highest BCUT2D eigenvalue weighted by molar-refractivity contribution is 7.98. The number of hydrogen-bond donors (Lipinski definition) is 0. The minimum atomic E-state index is -0.458. The number of ether oxygens (including phenoxy) is 1. The van der Waals surface area contributed by atoms with Crippen LogP contribution in [0.15, 0.2) is 42.1 Å². The second-order valence-corrected chi connectivity index (χ2v) is 6.05. The van der Waals surface area contributed by atoms with Crippen molar-refractivity contribution in [2.45, 2.75) is 24.4 Å². The Hall–Kier alpha value is -2.35. The van der Waals surface area contributed by atoms with Crippen LogP contribution in [-0.2, 0) is 12.3 Å². The van der Waals surface area contributed by atoms with Crippen LogP contribution in [0.5, 0.6) is 5.75 Å². The Morgan fingerprint density at radius 1 is 1.29 bits per heavy atom. The summed E-state index contributed by atoms with van der Waals surface area (Å²) in [5.41, 5.74) is 2.14. The van der Waals surface area contributed by atoms with E-state index in [2.05, 4.69) is 15.1 Å². The number of aryl methyl sites for hydroxylation is 2. The molecule has 0 aliphatic rings. The number of benzene rings is 1. The molecule has 0 aliphatic carbocycles. The molecule has 24 heavy (non-hydrogen) atoms. The van der Waals surface area contributed by atoms with Crippen molar-refractivity contribution in [1.82, 2.24) is 24.3 Å². The van der Waals surface area contributed by atoms with E-state index in [9.17, 15) is 4.39 Å². The SMILES string of the molecule is COc1ccc(-n2ccnc2SCc2ncnn2CCF)c(C)c1. The Balaban J connectivity index is 1.79. The third-order valence-corrected chi connectivity index (χ3v) is 4.56. The van der Waals surface area contributed by atoms with Crippen LogP contribution in [0.1, 0.15) is 11.4 Å². The van der Waals surface area contributed by atoms with Gasteiger partial charge < -0.3 is 4.74 Å². The van der Waals surface area contributed by atoms with Gasteiger partial charge in [0.15, 0.2) is 5.16 Å². The molecule has 126 valence electrons. The molecule has 0 radical (unpaired) electrons. The van der Waals surface area contributed by atoms with Gasteiger partial charge in [0.1, 0.15) is 24.6 Å². The lowest BCUT2D eigenvalue weighted by Gasteiger charge is -2.11. The highest BCUT2D eigenvalue weighted by atomic mass is 32.2. The quantitative estimate of drug-likeness (QED) is 0.615. The van der Waals surface area contributed by atoms with Crippen LogP contribution in [0.2, 0.25) is 0 Å². The molecule has 0 saturated carbocycles. The van der Waals surface area contributed by atoms with Gasteiger partial charge in [-0.2, -0.15) is 5.10 Å². The first kappa shape index (κ1) is 16.5. The van der Waals surface area contributed by atoms with Crippen LogP contribution in [0.3, 0.4) is 0 Å². The molecule has 6 nitrogen and oxygen atoms in total. The normalized spacial score (nSPS) is 11.0. The maximum Gasteiger partial charge on any atom is 0.173 e. The van der Waals surface area contributed by atoms with Crippen LogP contribution in [-0.4, -0.2) is 38.1 Å². The summed E-state index contributed by atoms with van der Waals surface area (Å²) in [5.74, 6) is 2.13. The number of hydrogen-bond acceptors (Lipinski definition) is 5. The van der Waals surface area contributed by atoms with Gasteiger partial charge in [0.25, 0.3) is 0 Å². The maximum absolute atomic E-state index is 12.5. The first-order valence-electron chi connectivity index (χ1n) is 7.46. The van der Waals surface area contributed by atoms with Crippen molar-refractivity contribution in [2.24, 2.45) is 0 Å². The fourth-order valence-electron chi connectivity index (χ4n) is 2.40. The zero-order valence-electron chi connectivity index (χ0n) is 13.5. The van der Waals surface area contributed by atoms with Gasteiger partial charge >= 0.3 is 0 Å². The maximum atomic E-state index is 12.5. The molecule has 0 fully saturated rings. The number of thioether (sulfide) groups is 1. The highest BCUT2D eigenvalue weighted by Gasteiger charge is 2.11. The van der Waals surface area contributed by atoms with Gasteiger partial charge in [-0.3, -0.25) is 4.57 Å². The summed E-state index contributed by atoms with van der Waals surface area (Å²) in [5, 5.41) is 4.88. The number of rotatable bonds is 7. The summed E-state index contributed by atoms with van der Waals surface area (Å²) in [6.45, 7) is 1.80. The van der Waals surface area contributed by atoms with Crippen LogP contribution in [0.25, 0.3) is 5.69 Å². The fraction of sp³-hybridized carbons (Fsp3) is 0.312. The van der Waals surface area contributed by atoms with Crippen LogP contribution in [0.4, 0.5) is 4.39 Å². The predicted octanol–water partition coefficient (Wildman–Crippen LogP) is 3.04. The van der Waals surface area contributed by atoms with E-state index in [1.54, 1.807) is 18.0 Å². The largest absolute Gasteiger partial charge is 0.497 e. The van der Waals surface area contributed by atoms with E-state index in [1.807, 2.05) is 35.9 Å². The summed E-state index contributed by atoms with van der Waals surface area (Å²) in [4.78, 5) is 8.60. The van der Waals surface area contributed by atoms with Crippen molar-refractivity contribution in [3.63, 3.8) is 0 Å². The Labute approximate surface area is 143 Å². The van der Waals surface area contributed by atoms with Crippen molar-refractivity contribution in [1.29, 1.82) is 0 Å². The smallest absolute Gasteiger partial charge is 0.173 e. The molecule has 2 aromatic heterocycles. The summed E-state index contributed by atoms with van der Waals surface area (Å²) < 4.78 is 21.4. The van der Waals surface area contributed by atoms with Crippen molar-refractivity contribution >= 4 is 11.8 Å². The third kappa shape index (κ3) is 3.43. The van der Waals surface area contributed by atoms with E-state index < -0.39 is 6.67 Å². The zero-order chi connectivity index (χ0) is 16.9. The molecule has 0 N–H and O–H groups in total. The Morgan fingerprint density at radius 2 is 2.17 bits per heavy atom. The molecular weight excluding hydrogens is 329 g/mol. The van der Waals surface area contributed by atoms with E-state index in [1.165, 1.54) is 18.1 Å². The molecule has 0 saturated heterocycles. The molecular formula is C16H18FN5OS. The van der Waals surface area contributed by atoms with Crippen molar-refractivity contribution in [3.8, 4) is 11.4 Å². The van der Waals surface area contributed by atoms with Crippen LogP contribution < -0.4 is 4.74 Å². The Bertz CT molecular complexity index is 816. The van der Waals surface area contributed by atoms with Crippen LogP contribution >= 0.6 is 11.8 Å². The molecule has 0 unspecified atom stereocenters. The average molecular weight is 347 g/mol. The standard InChI is InChI=1S/C16H18FN5OS/c1-12-9-13(23-2)3-4-14(12)21-8-6-18-16(21)24-10-15-19-11-20-22(15)7-5-17/h3-4,6,8-9,11H,5,7,10H2,1-2H3. The van der Waals surface area contributed by atoms with E-state index in [4.69, 9.17) is 4.74 Å². The van der Waals surface area contributed by atoms with Gasteiger partial charge in [0.2, 0.25) is 0 Å². The molecule has 0 spiro atoms. The van der Waals surface area contributed by atoms with Gasteiger partial charge in [0, 0.05) is 12.4 Å². The molecule has 0 amide bonds. The van der Waals surface area contributed by atoms with Gasteiger partial charge in [-0.15, -0.1) is 0 Å². The van der Waals surface area contributed by atoms with Crippen molar-refractivity contribution in [3.05, 3.63) is 48.3 Å². The number of aromatic nitrogens is 5. The molecule has 0 atom stereocenters. The van der Waals surface area contributed by atoms with Crippen LogP contribution in [0, 0.1) is 6.92 Å². The Kier molecular flexibility index (Phi) is 5.14. The number of imidazole rings is 1.